The zero-order chi connectivity index (χ0) is 15.9. The van der Waals surface area contributed by atoms with Crippen LogP contribution in [0.2, 0.25) is 0 Å². The first-order chi connectivity index (χ1) is 10.4. The Bertz CT molecular complexity index is 663. The molecule has 0 spiro atoms. The van der Waals surface area contributed by atoms with E-state index in [1.807, 2.05) is 26.0 Å². The van der Waals surface area contributed by atoms with Gasteiger partial charge in [-0.05, 0) is 26.0 Å². The van der Waals surface area contributed by atoms with Crippen LogP contribution in [0, 0.1) is 0 Å². The number of imide groups is 1. The molecule has 6 nitrogen and oxygen atoms in total. The van der Waals surface area contributed by atoms with Crippen molar-refractivity contribution in [2.24, 2.45) is 4.99 Å². The lowest BCUT2D eigenvalue weighted by atomic mass is 9.99. The molecule has 0 bridgehead atoms. The van der Waals surface area contributed by atoms with Gasteiger partial charge in [-0.15, -0.1) is 0 Å². The van der Waals surface area contributed by atoms with Crippen LogP contribution < -0.4 is 9.47 Å². The predicted molar refractivity (Wildman–Crippen MR) is 80.8 cm³/mol. The molecule has 0 radical (unpaired) electrons. The lowest BCUT2D eigenvalue weighted by molar-refractivity contribution is -0.137. The Morgan fingerprint density at radius 3 is 2.59 bits per heavy atom. The highest BCUT2D eigenvalue weighted by molar-refractivity contribution is 6.07. The maximum Gasteiger partial charge on any atom is 0.230 e. The smallest absolute Gasteiger partial charge is 0.230 e. The van der Waals surface area contributed by atoms with Gasteiger partial charge in [-0.25, -0.2) is 4.99 Å². The van der Waals surface area contributed by atoms with Crippen molar-refractivity contribution in [3.05, 3.63) is 18.2 Å². The molecule has 0 atom stereocenters. The third-order valence-electron chi connectivity index (χ3n) is 3.94. The molecule has 3 rings (SSSR count). The molecule has 2 aliphatic rings. The number of carbonyl (C=O) groups is 2. The predicted octanol–water partition coefficient (Wildman–Crippen LogP) is 2.09. The summed E-state index contributed by atoms with van der Waals surface area (Å²) in [4.78, 5) is 29.5. The van der Waals surface area contributed by atoms with E-state index < -0.39 is 5.60 Å². The van der Waals surface area contributed by atoms with Gasteiger partial charge in [-0.1, -0.05) is 0 Å². The highest BCUT2D eigenvalue weighted by Crippen LogP contribution is 2.38. The Kier molecular flexibility index (Phi) is 3.39. The summed E-state index contributed by atoms with van der Waals surface area (Å²) < 4.78 is 11.2. The van der Waals surface area contributed by atoms with E-state index in [-0.39, 0.29) is 31.2 Å². The summed E-state index contributed by atoms with van der Waals surface area (Å²) in [6.07, 6.45) is 0.551. The quantitative estimate of drug-likeness (QED) is 0.802. The SMILES string of the molecule is COc1ccc2c(c1)N=C(CN1C(=O)CCC1=O)C(C)(C)O2. The molecule has 1 saturated heterocycles. The number of nitrogens with zero attached hydrogens (tertiary/aromatic N) is 2. The Morgan fingerprint density at radius 2 is 1.95 bits per heavy atom. The minimum atomic E-state index is -0.676. The van der Waals surface area contributed by atoms with Crippen molar-refractivity contribution in [2.45, 2.75) is 32.3 Å². The zero-order valence-electron chi connectivity index (χ0n) is 12.9. The number of fused-ring (bicyclic) bond motifs is 1. The van der Waals surface area contributed by atoms with Crippen molar-refractivity contribution in [1.29, 1.82) is 0 Å². The Labute approximate surface area is 128 Å². The first kappa shape index (κ1) is 14.6. The molecule has 2 heterocycles. The van der Waals surface area contributed by atoms with Gasteiger partial charge in [-0.3, -0.25) is 14.5 Å². The Morgan fingerprint density at radius 1 is 1.27 bits per heavy atom. The van der Waals surface area contributed by atoms with Crippen molar-refractivity contribution >= 4 is 23.2 Å². The van der Waals surface area contributed by atoms with E-state index in [1.165, 1.54) is 4.90 Å². The van der Waals surface area contributed by atoms with Gasteiger partial charge in [0.1, 0.15) is 22.8 Å². The summed E-state index contributed by atoms with van der Waals surface area (Å²) in [7, 11) is 1.58. The number of carbonyl (C=O) groups excluding carboxylic acids is 2. The minimum absolute atomic E-state index is 0.153. The van der Waals surface area contributed by atoms with Crippen molar-refractivity contribution in [3.8, 4) is 11.5 Å². The first-order valence-corrected chi connectivity index (χ1v) is 7.19. The first-order valence-electron chi connectivity index (χ1n) is 7.19. The molecule has 1 fully saturated rings. The van der Waals surface area contributed by atoms with Gasteiger partial charge in [0.2, 0.25) is 11.8 Å². The fourth-order valence-electron chi connectivity index (χ4n) is 2.59. The van der Waals surface area contributed by atoms with Gasteiger partial charge in [0.15, 0.2) is 0 Å². The average molecular weight is 302 g/mol. The van der Waals surface area contributed by atoms with Crippen LogP contribution in [-0.2, 0) is 9.59 Å². The molecule has 116 valence electrons. The Hall–Kier alpha value is -2.37. The number of hydrogen-bond donors (Lipinski definition) is 0. The highest BCUT2D eigenvalue weighted by atomic mass is 16.5. The molecule has 22 heavy (non-hydrogen) atoms. The fourth-order valence-corrected chi connectivity index (χ4v) is 2.59. The van der Waals surface area contributed by atoms with Crippen molar-refractivity contribution < 1.29 is 19.1 Å². The van der Waals surface area contributed by atoms with E-state index >= 15 is 0 Å². The lowest BCUT2D eigenvalue weighted by Gasteiger charge is -2.34. The van der Waals surface area contributed by atoms with Crippen LogP contribution in [0.3, 0.4) is 0 Å². The third kappa shape index (κ3) is 2.45. The summed E-state index contributed by atoms with van der Waals surface area (Å²) >= 11 is 0. The summed E-state index contributed by atoms with van der Waals surface area (Å²) in [5.74, 6) is 1.03. The second-order valence-corrected chi connectivity index (χ2v) is 5.88. The van der Waals surface area contributed by atoms with E-state index in [0.717, 1.165) is 0 Å². The minimum Gasteiger partial charge on any atom is -0.497 e. The highest BCUT2D eigenvalue weighted by Gasteiger charge is 2.37. The van der Waals surface area contributed by atoms with E-state index in [0.29, 0.717) is 22.9 Å². The van der Waals surface area contributed by atoms with Gasteiger partial charge < -0.3 is 9.47 Å². The lowest BCUT2D eigenvalue weighted by Crippen LogP contribution is -2.47. The van der Waals surface area contributed by atoms with Crippen LogP contribution in [0.5, 0.6) is 11.5 Å². The summed E-state index contributed by atoms with van der Waals surface area (Å²) in [5.41, 5.74) is 0.620. The maximum atomic E-state index is 11.8. The topological polar surface area (TPSA) is 68.2 Å². The summed E-state index contributed by atoms with van der Waals surface area (Å²) in [5, 5.41) is 0. The van der Waals surface area contributed by atoms with Crippen LogP contribution >= 0.6 is 0 Å². The molecule has 2 amide bonds. The second-order valence-electron chi connectivity index (χ2n) is 5.88. The van der Waals surface area contributed by atoms with E-state index in [2.05, 4.69) is 4.99 Å². The fraction of sp³-hybridized carbons (Fsp3) is 0.438. The molecule has 0 aliphatic carbocycles. The number of likely N-dealkylation sites (tertiary alicyclic amines) is 1. The molecule has 0 aromatic heterocycles. The van der Waals surface area contributed by atoms with E-state index in [4.69, 9.17) is 9.47 Å². The zero-order valence-corrected chi connectivity index (χ0v) is 12.9. The second kappa shape index (κ2) is 5.12. The maximum absolute atomic E-state index is 11.8. The average Bonchev–Trinajstić information content (AvgIpc) is 2.79. The van der Waals surface area contributed by atoms with Gasteiger partial charge in [-0.2, -0.15) is 0 Å². The molecule has 0 unspecified atom stereocenters. The van der Waals surface area contributed by atoms with Gasteiger partial charge in [0.25, 0.3) is 0 Å². The molecular formula is C16H18N2O4. The van der Waals surface area contributed by atoms with Gasteiger partial charge >= 0.3 is 0 Å². The van der Waals surface area contributed by atoms with Crippen LogP contribution in [0.4, 0.5) is 5.69 Å². The van der Waals surface area contributed by atoms with Gasteiger partial charge in [0.05, 0.1) is 19.4 Å². The van der Waals surface area contributed by atoms with Crippen molar-refractivity contribution in [1.82, 2.24) is 4.90 Å². The van der Waals surface area contributed by atoms with Crippen LogP contribution in [0.25, 0.3) is 0 Å². The molecule has 1 aromatic rings. The number of aliphatic imine (C=N–C) groups is 1. The third-order valence-corrected chi connectivity index (χ3v) is 3.94. The monoisotopic (exact) mass is 302 g/mol. The van der Waals surface area contributed by atoms with Crippen LogP contribution in [0.1, 0.15) is 26.7 Å². The molecule has 6 heteroatoms. The number of ether oxygens (including phenoxy) is 2. The number of benzene rings is 1. The molecule has 2 aliphatic heterocycles. The van der Waals surface area contributed by atoms with Crippen molar-refractivity contribution in [2.75, 3.05) is 13.7 Å². The van der Waals surface area contributed by atoms with Crippen molar-refractivity contribution in [3.63, 3.8) is 0 Å². The summed E-state index contributed by atoms with van der Waals surface area (Å²) in [6, 6.07) is 5.39. The molecule has 1 aromatic carbocycles. The normalized spacial score (nSPS) is 19.6. The molecule has 0 N–H and O–H groups in total. The Balaban J connectivity index is 1.95. The van der Waals surface area contributed by atoms with Gasteiger partial charge in [0, 0.05) is 18.9 Å². The molecule has 0 saturated carbocycles. The summed E-state index contributed by atoms with van der Waals surface area (Å²) in [6.45, 7) is 3.93. The number of rotatable bonds is 3. The number of hydrogen-bond acceptors (Lipinski definition) is 5. The van der Waals surface area contributed by atoms with Crippen LogP contribution in [0.15, 0.2) is 23.2 Å². The van der Waals surface area contributed by atoms with Crippen LogP contribution in [-0.4, -0.2) is 41.7 Å². The number of amides is 2. The number of methoxy groups -OCH3 is 1. The standard InChI is InChI=1S/C16H18N2O4/c1-16(2)13(9-18-14(19)6-7-15(18)20)17-11-8-10(21-3)4-5-12(11)22-16/h4-5,8H,6-7,9H2,1-3H3. The van der Waals surface area contributed by atoms with E-state index in [1.54, 1.807) is 13.2 Å². The largest absolute Gasteiger partial charge is 0.497 e. The van der Waals surface area contributed by atoms with E-state index in [9.17, 15) is 9.59 Å². The molecular weight excluding hydrogens is 284 g/mol.